The number of aromatic nitrogens is 3. The van der Waals surface area contributed by atoms with E-state index in [1.54, 1.807) is 73.1 Å². The van der Waals surface area contributed by atoms with Crippen LogP contribution in [0.4, 0.5) is 32.0 Å². The summed E-state index contributed by atoms with van der Waals surface area (Å²) >= 11 is 0. The van der Waals surface area contributed by atoms with Gasteiger partial charge in [0.1, 0.15) is 0 Å². The van der Waals surface area contributed by atoms with Crippen LogP contribution < -0.4 is 0 Å². The van der Waals surface area contributed by atoms with Crippen LogP contribution in [0.25, 0.3) is 71.0 Å². The van der Waals surface area contributed by atoms with Gasteiger partial charge in [0, 0.05) is 33.9 Å². The van der Waals surface area contributed by atoms with Gasteiger partial charge in [-0.2, -0.15) is 26.3 Å². The van der Waals surface area contributed by atoms with Gasteiger partial charge < -0.3 is 9.13 Å². The van der Waals surface area contributed by atoms with Crippen LogP contribution in [0.3, 0.4) is 0 Å². The molecule has 0 atom stereocenters. The third kappa shape index (κ3) is 4.50. The van der Waals surface area contributed by atoms with Crippen LogP contribution in [0, 0.1) is 6.57 Å². The van der Waals surface area contributed by atoms with E-state index in [1.807, 2.05) is 21.3 Å². The minimum atomic E-state index is -4.57. The van der Waals surface area contributed by atoms with Gasteiger partial charge >= 0.3 is 12.4 Å². The first-order valence-corrected chi connectivity index (χ1v) is 14.7. The number of hydrogen-bond donors (Lipinski definition) is 0. The molecule has 0 bridgehead atoms. The molecule has 0 saturated carbocycles. The normalized spacial score (nSPS) is 12.4. The first-order valence-electron chi connectivity index (χ1n) is 14.7. The van der Waals surface area contributed by atoms with Gasteiger partial charge in [0.05, 0.1) is 51.1 Å². The van der Waals surface area contributed by atoms with Crippen molar-refractivity contribution in [2.24, 2.45) is 0 Å². The Morgan fingerprint density at radius 3 is 1.46 bits per heavy atom. The van der Waals surface area contributed by atoms with Crippen LogP contribution in [0.2, 0.25) is 0 Å². The van der Waals surface area contributed by atoms with Crippen molar-refractivity contribution in [3.05, 3.63) is 144 Å². The van der Waals surface area contributed by atoms with E-state index in [2.05, 4.69) is 9.83 Å². The third-order valence-corrected chi connectivity index (χ3v) is 8.69. The Balaban J connectivity index is 1.55. The number of nitrogens with zero attached hydrogens (tertiary/aromatic N) is 4. The first-order chi connectivity index (χ1) is 23.0. The Hall–Kier alpha value is -6.08. The highest BCUT2D eigenvalue weighted by atomic mass is 19.4. The fraction of sp³-hybridized carbons (Fsp3) is 0.0526. The van der Waals surface area contributed by atoms with Crippen molar-refractivity contribution in [1.29, 1.82) is 0 Å². The van der Waals surface area contributed by atoms with E-state index in [4.69, 9.17) is 6.57 Å². The van der Waals surface area contributed by atoms with E-state index < -0.39 is 23.5 Å². The SMILES string of the molecule is [C-]#[N+]c1cc(-n2c3ccccc3c3cc(C(F)(F)F)ccc32)c(-n2c3ccccc3c3cc(C(F)(F)F)ccc32)cc1-c1ccncc1. The minimum absolute atomic E-state index is 0.276. The second-order valence-corrected chi connectivity index (χ2v) is 11.4. The van der Waals surface area contributed by atoms with Crippen molar-refractivity contribution in [3.8, 4) is 22.5 Å². The van der Waals surface area contributed by atoms with Gasteiger partial charge in [-0.05, 0) is 83.9 Å². The molecule has 234 valence electrons. The van der Waals surface area contributed by atoms with Gasteiger partial charge in [0.25, 0.3) is 0 Å². The minimum Gasteiger partial charge on any atom is -0.308 e. The number of fused-ring (bicyclic) bond motifs is 6. The Labute approximate surface area is 268 Å². The molecule has 8 aromatic rings. The molecular weight excluding hydrogens is 626 g/mol. The van der Waals surface area contributed by atoms with Crippen molar-refractivity contribution in [2.75, 3.05) is 0 Å². The highest BCUT2D eigenvalue weighted by Crippen LogP contribution is 2.44. The van der Waals surface area contributed by atoms with Crippen LogP contribution in [0.15, 0.2) is 122 Å². The Bertz CT molecular complexity index is 2600. The lowest BCUT2D eigenvalue weighted by molar-refractivity contribution is -0.138. The Morgan fingerprint density at radius 1 is 0.521 bits per heavy atom. The second-order valence-electron chi connectivity index (χ2n) is 11.4. The van der Waals surface area contributed by atoms with Gasteiger partial charge in [-0.25, -0.2) is 4.85 Å². The van der Waals surface area contributed by atoms with Gasteiger partial charge in [-0.3, -0.25) is 4.98 Å². The van der Waals surface area contributed by atoms with Gasteiger partial charge in [-0.1, -0.05) is 36.4 Å². The fourth-order valence-corrected chi connectivity index (χ4v) is 6.60. The molecule has 8 rings (SSSR count). The molecule has 3 heterocycles. The zero-order valence-electron chi connectivity index (χ0n) is 24.6. The predicted octanol–water partition coefficient (Wildman–Crippen LogP) is 11.5. The average molecular weight is 647 g/mol. The van der Waals surface area contributed by atoms with Crippen molar-refractivity contribution >= 4 is 49.3 Å². The van der Waals surface area contributed by atoms with E-state index in [0.717, 1.165) is 24.3 Å². The molecule has 0 aliphatic heterocycles. The summed E-state index contributed by atoms with van der Waals surface area (Å²) in [5.41, 5.74) is 3.10. The maximum absolute atomic E-state index is 13.9. The summed E-state index contributed by atoms with van der Waals surface area (Å²) in [5.74, 6) is 0. The number of pyridine rings is 1. The molecule has 5 aromatic carbocycles. The lowest BCUT2D eigenvalue weighted by Gasteiger charge is -2.20. The van der Waals surface area contributed by atoms with E-state index in [9.17, 15) is 26.3 Å². The highest BCUT2D eigenvalue weighted by molar-refractivity contribution is 6.12. The fourth-order valence-electron chi connectivity index (χ4n) is 6.60. The van der Waals surface area contributed by atoms with Crippen LogP contribution in [0.5, 0.6) is 0 Å². The van der Waals surface area contributed by atoms with E-state index in [1.165, 1.54) is 12.1 Å². The maximum Gasteiger partial charge on any atom is 0.416 e. The zero-order chi connectivity index (χ0) is 33.4. The number of halogens is 6. The largest absolute Gasteiger partial charge is 0.416 e. The molecule has 0 fully saturated rings. The van der Waals surface area contributed by atoms with Crippen LogP contribution >= 0.6 is 0 Å². The topological polar surface area (TPSA) is 27.1 Å². The number of rotatable bonds is 3. The first kappa shape index (κ1) is 29.3. The molecule has 0 amide bonds. The van der Waals surface area contributed by atoms with Crippen LogP contribution in [-0.2, 0) is 12.4 Å². The van der Waals surface area contributed by atoms with Crippen molar-refractivity contribution in [1.82, 2.24) is 14.1 Å². The molecule has 3 aromatic heterocycles. The molecular formula is C38H20F6N4. The third-order valence-electron chi connectivity index (χ3n) is 8.69. The van der Waals surface area contributed by atoms with Crippen LogP contribution in [-0.4, -0.2) is 14.1 Å². The van der Waals surface area contributed by atoms with Crippen molar-refractivity contribution in [2.45, 2.75) is 12.4 Å². The Kier molecular flexibility index (Phi) is 6.40. The van der Waals surface area contributed by atoms with Crippen LogP contribution in [0.1, 0.15) is 11.1 Å². The van der Waals surface area contributed by atoms with E-state index in [0.29, 0.717) is 66.1 Å². The van der Waals surface area contributed by atoms with E-state index >= 15 is 0 Å². The molecule has 0 radical (unpaired) electrons. The van der Waals surface area contributed by atoms with E-state index in [-0.39, 0.29) is 5.69 Å². The predicted molar refractivity (Wildman–Crippen MR) is 175 cm³/mol. The summed E-state index contributed by atoms with van der Waals surface area (Å²) in [6.07, 6.45) is -5.93. The van der Waals surface area contributed by atoms with Gasteiger partial charge in [0.2, 0.25) is 0 Å². The monoisotopic (exact) mass is 646 g/mol. The molecule has 48 heavy (non-hydrogen) atoms. The smallest absolute Gasteiger partial charge is 0.308 e. The average Bonchev–Trinajstić information content (AvgIpc) is 3.59. The summed E-state index contributed by atoms with van der Waals surface area (Å²) in [5, 5.41) is 1.90. The molecule has 0 spiro atoms. The molecule has 0 aliphatic rings. The summed E-state index contributed by atoms with van der Waals surface area (Å²) in [6.45, 7) is 8.13. The number of hydrogen-bond acceptors (Lipinski definition) is 1. The molecule has 0 N–H and O–H groups in total. The zero-order valence-corrected chi connectivity index (χ0v) is 24.6. The second kappa shape index (κ2) is 10.5. The lowest BCUT2D eigenvalue weighted by atomic mass is 10.0. The van der Waals surface area contributed by atoms with Crippen molar-refractivity contribution < 1.29 is 26.3 Å². The molecule has 0 unspecified atom stereocenters. The molecule has 10 heteroatoms. The van der Waals surface area contributed by atoms with Gasteiger partial charge in [-0.15, -0.1) is 0 Å². The summed E-state index contributed by atoms with van der Waals surface area (Å²) in [6, 6.07) is 28.3. The molecule has 0 aliphatic carbocycles. The quantitative estimate of drug-likeness (QED) is 0.139. The lowest BCUT2D eigenvalue weighted by Crippen LogP contribution is -2.06. The number of para-hydroxylation sites is 2. The van der Waals surface area contributed by atoms with Gasteiger partial charge in [0.15, 0.2) is 5.69 Å². The summed E-state index contributed by atoms with van der Waals surface area (Å²) in [4.78, 5) is 7.94. The highest BCUT2D eigenvalue weighted by Gasteiger charge is 2.33. The molecule has 4 nitrogen and oxygen atoms in total. The number of benzene rings is 5. The molecule has 0 saturated heterocycles. The maximum atomic E-state index is 13.9. The Morgan fingerprint density at radius 2 is 0.979 bits per heavy atom. The van der Waals surface area contributed by atoms with Crippen molar-refractivity contribution in [3.63, 3.8) is 0 Å². The number of alkyl halides is 6. The summed E-state index contributed by atoms with van der Waals surface area (Å²) in [7, 11) is 0. The standard InChI is InChI=1S/C38H20F6N4/c1-45-30-21-36(48-32-9-5-3-7-26(32)29-19-24(38(42,43)44)11-13-34(29)48)35(20-27(30)22-14-16-46-17-15-22)47-31-8-4-2-6-25(31)28-18-23(37(39,40)41)10-12-33(28)47/h2-21H. The summed E-state index contributed by atoms with van der Waals surface area (Å²) < 4.78 is 87.0.